The van der Waals surface area contributed by atoms with Gasteiger partial charge in [-0.15, -0.1) is 11.3 Å². The van der Waals surface area contributed by atoms with Crippen LogP contribution in [0, 0.1) is 0 Å². The van der Waals surface area contributed by atoms with Crippen LogP contribution in [0.5, 0.6) is 0 Å². The van der Waals surface area contributed by atoms with Crippen molar-refractivity contribution < 1.29 is 9.53 Å². The van der Waals surface area contributed by atoms with Crippen molar-refractivity contribution in [2.75, 3.05) is 23.9 Å². The molecule has 0 bridgehead atoms. The number of nitrogens with two attached hydrogens (primary N) is 1. The van der Waals surface area contributed by atoms with Crippen LogP contribution in [0.3, 0.4) is 0 Å². The smallest absolute Gasteiger partial charge is 0.350 e. The van der Waals surface area contributed by atoms with E-state index in [2.05, 4.69) is 15.3 Å². The Bertz CT molecular complexity index is 881. The van der Waals surface area contributed by atoms with Crippen LogP contribution in [0.4, 0.5) is 17.2 Å². The number of aromatic nitrogens is 2. The highest BCUT2D eigenvalue weighted by molar-refractivity contribution is 7.98. The highest BCUT2D eigenvalue weighted by atomic mass is 32.2. The minimum absolute atomic E-state index is 0.295. The van der Waals surface area contributed by atoms with Gasteiger partial charge in [0.25, 0.3) is 0 Å². The number of hydrogen-bond acceptors (Lipinski definition) is 8. The molecule has 6 nitrogen and oxygen atoms in total. The van der Waals surface area contributed by atoms with Crippen molar-refractivity contribution in [2.45, 2.75) is 12.1 Å². The summed E-state index contributed by atoms with van der Waals surface area (Å²) in [6, 6.07) is 9.66. The highest BCUT2D eigenvalue weighted by Crippen LogP contribution is 2.38. The Morgan fingerprint density at radius 1 is 1.33 bits per heavy atom. The molecule has 0 saturated heterocycles. The molecule has 0 spiro atoms. The minimum Gasteiger partial charge on any atom is -0.462 e. The Labute approximate surface area is 147 Å². The summed E-state index contributed by atoms with van der Waals surface area (Å²) in [5, 5.41) is 4.51. The van der Waals surface area contributed by atoms with Gasteiger partial charge in [-0.3, -0.25) is 0 Å². The van der Waals surface area contributed by atoms with Gasteiger partial charge in [0.05, 0.1) is 17.7 Å². The second-order valence-electron chi connectivity index (χ2n) is 4.80. The number of nitrogens with one attached hydrogen (secondary N) is 1. The van der Waals surface area contributed by atoms with Crippen LogP contribution in [0.15, 0.2) is 35.5 Å². The molecule has 124 valence electrons. The number of fused-ring (bicyclic) bond motifs is 1. The molecule has 3 aromatic rings. The van der Waals surface area contributed by atoms with Gasteiger partial charge in [-0.05, 0) is 25.3 Å². The lowest BCUT2D eigenvalue weighted by atomic mass is 10.2. The van der Waals surface area contributed by atoms with Gasteiger partial charge in [0, 0.05) is 5.69 Å². The number of ether oxygens (including phenoxy) is 1. The van der Waals surface area contributed by atoms with Crippen molar-refractivity contribution >= 4 is 56.5 Å². The van der Waals surface area contributed by atoms with Crippen LogP contribution in [-0.2, 0) is 4.74 Å². The van der Waals surface area contributed by atoms with Crippen molar-refractivity contribution in [2.24, 2.45) is 0 Å². The maximum Gasteiger partial charge on any atom is 0.350 e. The Kier molecular flexibility index (Phi) is 4.86. The van der Waals surface area contributed by atoms with Gasteiger partial charge >= 0.3 is 5.97 Å². The summed E-state index contributed by atoms with van der Waals surface area (Å²) in [7, 11) is 0. The number of nitrogens with zero attached hydrogens (tertiary/aromatic N) is 2. The molecule has 0 fully saturated rings. The first-order valence-corrected chi connectivity index (χ1v) is 9.31. The van der Waals surface area contributed by atoms with Crippen molar-refractivity contribution in [3.8, 4) is 0 Å². The molecule has 2 heterocycles. The topological polar surface area (TPSA) is 90.1 Å². The van der Waals surface area contributed by atoms with E-state index in [0.717, 1.165) is 5.69 Å². The normalized spacial score (nSPS) is 10.8. The standard InChI is InChI=1S/C16H16N4O2S2/c1-3-22-15(21)12-11(17)10-13(18-9-7-5-4-6-8-9)19-16(23-2)20-14(10)24-12/h4-8H,3,17H2,1-2H3,(H,18,19,20). The number of nitrogen functional groups attached to an aromatic ring is 1. The molecule has 0 unspecified atom stereocenters. The fourth-order valence-electron chi connectivity index (χ4n) is 2.19. The van der Waals surface area contributed by atoms with Crippen LogP contribution in [0.25, 0.3) is 10.2 Å². The average Bonchev–Trinajstić information content (AvgIpc) is 2.93. The van der Waals surface area contributed by atoms with Gasteiger partial charge in [0.15, 0.2) is 5.16 Å². The van der Waals surface area contributed by atoms with Crippen LogP contribution >= 0.6 is 23.1 Å². The van der Waals surface area contributed by atoms with Crippen LogP contribution in [0.1, 0.15) is 16.6 Å². The molecule has 0 aliphatic heterocycles. The van der Waals surface area contributed by atoms with E-state index in [0.29, 0.717) is 38.4 Å². The van der Waals surface area contributed by atoms with Crippen LogP contribution in [0.2, 0.25) is 0 Å². The number of thioether (sulfide) groups is 1. The fourth-order valence-corrected chi connectivity index (χ4v) is 3.60. The summed E-state index contributed by atoms with van der Waals surface area (Å²) in [5.41, 5.74) is 7.43. The lowest BCUT2D eigenvalue weighted by Gasteiger charge is -2.08. The van der Waals surface area contributed by atoms with Crippen molar-refractivity contribution in [1.82, 2.24) is 9.97 Å². The Balaban J connectivity index is 2.14. The summed E-state index contributed by atoms with van der Waals surface area (Å²) < 4.78 is 5.07. The second-order valence-corrected chi connectivity index (χ2v) is 6.57. The van der Waals surface area contributed by atoms with Gasteiger partial charge < -0.3 is 15.8 Å². The quantitative estimate of drug-likeness (QED) is 0.405. The van der Waals surface area contributed by atoms with E-state index in [1.54, 1.807) is 6.92 Å². The zero-order chi connectivity index (χ0) is 17.1. The van der Waals surface area contributed by atoms with Crippen LogP contribution in [-0.4, -0.2) is 28.8 Å². The van der Waals surface area contributed by atoms with Crippen molar-refractivity contribution in [1.29, 1.82) is 0 Å². The lowest BCUT2D eigenvalue weighted by Crippen LogP contribution is -2.05. The summed E-state index contributed by atoms with van der Waals surface area (Å²) in [4.78, 5) is 22.1. The monoisotopic (exact) mass is 360 g/mol. The molecule has 0 aliphatic rings. The largest absolute Gasteiger partial charge is 0.462 e. The first kappa shape index (κ1) is 16.5. The number of para-hydroxylation sites is 1. The fraction of sp³-hybridized carbons (Fsp3) is 0.188. The van der Waals surface area contributed by atoms with Gasteiger partial charge in [-0.25, -0.2) is 14.8 Å². The Hall–Kier alpha value is -2.32. The first-order chi connectivity index (χ1) is 11.6. The van der Waals surface area contributed by atoms with Crippen molar-refractivity contribution in [3.63, 3.8) is 0 Å². The maximum atomic E-state index is 12.1. The minimum atomic E-state index is -0.436. The van der Waals surface area contributed by atoms with Gasteiger partial charge in [-0.2, -0.15) is 0 Å². The molecule has 0 atom stereocenters. The third-order valence-corrected chi connectivity index (χ3v) is 4.88. The molecule has 3 rings (SSSR count). The number of carbonyl (C=O) groups excluding carboxylic acids is 1. The average molecular weight is 360 g/mol. The number of esters is 1. The van der Waals surface area contributed by atoms with E-state index in [9.17, 15) is 4.79 Å². The zero-order valence-electron chi connectivity index (χ0n) is 13.2. The number of benzene rings is 1. The van der Waals surface area contributed by atoms with Gasteiger partial charge in [0.2, 0.25) is 0 Å². The third kappa shape index (κ3) is 3.15. The van der Waals surface area contributed by atoms with E-state index in [4.69, 9.17) is 10.5 Å². The molecule has 0 amide bonds. The molecule has 2 aromatic heterocycles. The maximum absolute atomic E-state index is 12.1. The molecule has 0 aliphatic carbocycles. The molecule has 0 radical (unpaired) electrons. The highest BCUT2D eigenvalue weighted by Gasteiger charge is 2.22. The summed E-state index contributed by atoms with van der Waals surface area (Å²) in [5.74, 6) is 0.147. The summed E-state index contributed by atoms with van der Waals surface area (Å²) in [6.45, 7) is 2.05. The first-order valence-electron chi connectivity index (χ1n) is 7.27. The van der Waals surface area contributed by atoms with Gasteiger partial charge in [0.1, 0.15) is 15.5 Å². The molecule has 24 heavy (non-hydrogen) atoms. The number of rotatable bonds is 5. The molecule has 1 aromatic carbocycles. The number of anilines is 3. The van der Waals surface area contributed by atoms with Crippen LogP contribution < -0.4 is 11.1 Å². The number of carbonyl (C=O) groups is 1. The molecular weight excluding hydrogens is 344 g/mol. The third-order valence-electron chi connectivity index (χ3n) is 3.25. The number of thiophene rings is 1. The van der Waals surface area contributed by atoms with E-state index >= 15 is 0 Å². The Morgan fingerprint density at radius 3 is 2.75 bits per heavy atom. The molecular formula is C16H16N4O2S2. The summed E-state index contributed by atoms with van der Waals surface area (Å²) in [6.07, 6.45) is 1.90. The predicted molar refractivity (Wildman–Crippen MR) is 99.3 cm³/mol. The van der Waals surface area contributed by atoms with Crippen molar-refractivity contribution in [3.05, 3.63) is 35.2 Å². The van der Waals surface area contributed by atoms with E-state index < -0.39 is 5.97 Å². The molecule has 3 N–H and O–H groups in total. The zero-order valence-corrected chi connectivity index (χ0v) is 14.8. The number of hydrogen-bond donors (Lipinski definition) is 2. The molecule has 0 saturated carbocycles. The SMILES string of the molecule is CCOC(=O)c1sc2nc(SC)nc(Nc3ccccc3)c2c1N. The lowest BCUT2D eigenvalue weighted by molar-refractivity contribution is 0.0533. The Morgan fingerprint density at radius 2 is 2.08 bits per heavy atom. The molecule has 8 heteroatoms. The second kappa shape index (κ2) is 7.06. The summed E-state index contributed by atoms with van der Waals surface area (Å²) >= 11 is 2.65. The van der Waals surface area contributed by atoms with E-state index in [-0.39, 0.29) is 0 Å². The van der Waals surface area contributed by atoms with E-state index in [1.807, 2.05) is 36.6 Å². The van der Waals surface area contributed by atoms with Gasteiger partial charge in [-0.1, -0.05) is 30.0 Å². The predicted octanol–water partition coefficient (Wildman–Crippen LogP) is 3.92. The van der Waals surface area contributed by atoms with E-state index in [1.165, 1.54) is 23.1 Å².